The van der Waals surface area contributed by atoms with Gasteiger partial charge in [0.1, 0.15) is 10.6 Å². The molecule has 2 aromatic heterocycles. The molecule has 6 heteroatoms. The second-order valence-electron chi connectivity index (χ2n) is 4.94. The molecule has 0 fully saturated rings. The fraction of sp³-hybridized carbons (Fsp3) is 0.571. The van der Waals surface area contributed by atoms with Gasteiger partial charge in [-0.25, -0.2) is 4.98 Å². The van der Waals surface area contributed by atoms with Gasteiger partial charge >= 0.3 is 0 Å². The molecule has 0 bridgehead atoms. The van der Waals surface area contributed by atoms with Crippen LogP contribution in [0.2, 0.25) is 0 Å². The van der Waals surface area contributed by atoms with E-state index in [1.165, 1.54) is 4.88 Å². The standard InChI is InChI=1S/C14H23N5S/c1-5-10-9-11-12(16-7-8-19(3)4)17-14(15-6-2)18-13(11)20-10/h9H,5-8H2,1-4H3,(H2,15,16,17,18). The third-order valence-corrected chi connectivity index (χ3v) is 4.15. The highest BCUT2D eigenvalue weighted by atomic mass is 32.1. The maximum Gasteiger partial charge on any atom is 0.226 e. The smallest absolute Gasteiger partial charge is 0.226 e. The number of nitrogens with one attached hydrogen (secondary N) is 2. The van der Waals surface area contributed by atoms with E-state index in [4.69, 9.17) is 0 Å². The fourth-order valence-corrected chi connectivity index (χ4v) is 2.88. The molecule has 2 aromatic rings. The normalized spacial score (nSPS) is 11.2. The van der Waals surface area contributed by atoms with E-state index in [1.807, 2.05) is 0 Å². The Hall–Kier alpha value is -1.40. The lowest BCUT2D eigenvalue weighted by molar-refractivity contribution is 0.425. The summed E-state index contributed by atoms with van der Waals surface area (Å²) in [5, 5.41) is 7.76. The van der Waals surface area contributed by atoms with Gasteiger partial charge in [0.2, 0.25) is 5.95 Å². The Kier molecular flexibility index (Phi) is 5.14. The molecule has 0 radical (unpaired) electrons. The summed E-state index contributed by atoms with van der Waals surface area (Å²) in [6, 6.07) is 2.20. The minimum absolute atomic E-state index is 0.705. The lowest BCUT2D eigenvalue weighted by Crippen LogP contribution is -2.21. The molecule has 0 aromatic carbocycles. The molecule has 0 aliphatic rings. The third kappa shape index (κ3) is 3.58. The Labute approximate surface area is 124 Å². The molecule has 0 amide bonds. The zero-order chi connectivity index (χ0) is 14.5. The van der Waals surface area contributed by atoms with Crippen LogP contribution in [0.5, 0.6) is 0 Å². The molecule has 0 spiro atoms. The van der Waals surface area contributed by atoms with Gasteiger partial charge in [-0.3, -0.25) is 0 Å². The maximum absolute atomic E-state index is 4.59. The average Bonchev–Trinajstić information content (AvgIpc) is 2.82. The molecule has 5 nitrogen and oxygen atoms in total. The SMILES string of the molecule is CCNc1nc(NCCN(C)C)c2cc(CC)sc2n1. The number of rotatable bonds is 7. The first-order chi connectivity index (χ1) is 9.63. The highest BCUT2D eigenvalue weighted by molar-refractivity contribution is 7.18. The summed E-state index contributed by atoms with van der Waals surface area (Å²) < 4.78 is 0. The summed E-state index contributed by atoms with van der Waals surface area (Å²) in [6.07, 6.45) is 1.04. The van der Waals surface area contributed by atoms with E-state index >= 15 is 0 Å². The Bertz CT molecular complexity index is 564. The number of aryl methyl sites for hydroxylation is 1. The quantitative estimate of drug-likeness (QED) is 0.822. The second-order valence-corrected chi connectivity index (χ2v) is 6.06. The summed E-state index contributed by atoms with van der Waals surface area (Å²) in [5.41, 5.74) is 0. The predicted molar refractivity (Wildman–Crippen MR) is 88.0 cm³/mol. The number of thiophene rings is 1. The highest BCUT2D eigenvalue weighted by Gasteiger charge is 2.10. The van der Waals surface area contributed by atoms with Crippen LogP contribution < -0.4 is 10.6 Å². The number of hydrogen-bond acceptors (Lipinski definition) is 6. The molecule has 2 N–H and O–H groups in total. The Morgan fingerprint density at radius 2 is 2.00 bits per heavy atom. The molecule has 0 unspecified atom stereocenters. The van der Waals surface area contributed by atoms with Crippen LogP contribution in [0.1, 0.15) is 18.7 Å². The van der Waals surface area contributed by atoms with Gasteiger partial charge in [0.25, 0.3) is 0 Å². The number of hydrogen-bond donors (Lipinski definition) is 2. The molecule has 0 saturated heterocycles. The lowest BCUT2D eigenvalue weighted by atomic mass is 10.3. The van der Waals surface area contributed by atoms with E-state index in [0.717, 1.165) is 42.1 Å². The number of aromatic nitrogens is 2. The van der Waals surface area contributed by atoms with Crippen LogP contribution in [0.15, 0.2) is 6.07 Å². The van der Waals surface area contributed by atoms with E-state index in [0.29, 0.717) is 5.95 Å². The molecule has 2 heterocycles. The maximum atomic E-state index is 4.59. The highest BCUT2D eigenvalue weighted by Crippen LogP contribution is 2.30. The number of anilines is 2. The molecular formula is C14H23N5S. The van der Waals surface area contributed by atoms with E-state index in [9.17, 15) is 0 Å². The molecule has 110 valence electrons. The summed E-state index contributed by atoms with van der Waals surface area (Å²) in [6.45, 7) is 6.91. The van der Waals surface area contributed by atoms with Gasteiger partial charge in [0.15, 0.2) is 0 Å². The van der Waals surface area contributed by atoms with Crippen molar-refractivity contribution in [2.75, 3.05) is 44.4 Å². The van der Waals surface area contributed by atoms with Crippen LogP contribution in [0.4, 0.5) is 11.8 Å². The summed E-state index contributed by atoms with van der Waals surface area (Å²) >= 11 is 1.75. The Balaban J connectivity index is 2.30. The second kappa shape index (κ2) is 6.85. The predicted octanol–water partition coefficient (Wildman–Crippen LogP) is 2.66. The first kappa shape index (κ1) is 15.0. The van der Waals surface area contributed by atoms with Crippen LogP contribution in [-0.4, -0.2) is 48.6 Å². The molecule has 0 atom stereocenters. The molecule has 0 aliphatic carbocycles. The fourth-order valence-electron chi connectivity index (χ4n) is 1.92. The Morgan fingerprint density at radius 3 is 2.65 bits per heavy atom. The monoisotopic (exact) mass is 293 g/mol. The van der Waals surface area contributed by atoms with Gasteiger partial charge in [-0.15, -0.1) is 11.3 Å². The van der Waals surface area contributed by atoms with Crippen molar-refractivity contribution >= 4 is 33.3 Å². The van der Waals surface area contributed by atoms with Crippen LogP contribution >= 0.6 is 11.3 Å². The van der Waals surface area contributed by atoms with Crippen molar-refractivity contribution in [2.45, 2.75) is 20.3 Å². The van der Waals surface area contributed by atoms with Crippen LogP contribution in [0.3, 0.4) is 0 Å². The van der Waals surface area contributed by atoms with Gasteiger partial charge in [-0.05, 0) is 33.5 Å². The summed E-state index contributed by atoms with van der Waals surface area (Å²) in [7, 11) is 4.14. The number of nitrogens with zero attached hydrogens (tertiary/aromatic N) is 3. The average molecular weight is 293 g/mol. The lowest BCUT2D eigenvalue weighted by Gasteiger charge is -2.12. The van der Waals surface area contributed by atoms with Crippen LogP contribution in [-0.2, 0) is 6.42 Å². The van der Waals surface area contributed by atoms with Crippen molar-refractivity contribution in [3.8, 4) is 0 Å². The van der Waals surface area contributed by atoms with Crippen molar-refractivity contribution in [2.24, 2.45) is 0 Å². The minimum Gasteiger partial charge on any atom is -0.368 e. The first-order valence-corrected chi connectivity index (χ1v) is 7.88. The van der Waals surface area contributed by atoms with Gasteiger partial charge in [-0.2, -0.15) is 4.98 Å². The topological polar surface area (TPSA) is 53.1 Å². The van der Waals surface area contributed by atoms with E-state index in [-0.39, 0.29) is 0 Å². The van der Waals surface area contributed by atoms with Crippen LogP contribution in [0, 0.1) is 0 Å². The molecular weight excluding hydrogens is 270 g/mol. The van der Waals surface area contributed by atoms with E-state index in [1.54, 1.807) is 11.3 Å². The Morgan fingerprint density at radius 1 is 1.20 bits per heavy atom. The van der Waals surface area contributed by atoms with E-state index in [2.05, 4.69) is 59.5 Å². The number of likely N-dealkylation sites (N-methyl/N-ethyl adjacent to an activating group) is 1. The van der Waals surface area contributed by atoms with Gasteiger partial charge in [-0.1, -0.05) is 6.92 Å². The van der Waals surface area contributed by atoms with Crippen molar-refractivity contribution in [3.63, 3.8) is 0 Å². The molecule has 2 rings (SSSR count). The molecule has 0 saturated carbocycles. The van der Waals surface area contributed by atoms with Gasteiger partial charge < -0.3 is 15.5 Å². The zero-order valence-electron chi connectivity index (χ0n) is 12.7. The van der Waals surface area contributed by atoms with Gasteiger partial charge in [0.05, 0.1) is 5.39 Å². The number of fused-ring (bicyclic) bond motifs is 1. The van der Waals surface area contributed by atoms with Crippen molar-refractivity contribution in [3.05, 3.63) is 10.9 Å². The van der Waals surface area contributed by atoms with E-state index < -0.39 is 0 Å². The largest absolute Gasteiger partial charge is 0.368 e. The summed E-state index contributed by atoms with van der Waals surface area (Å²) in [4.78, 5) is 13.7. The first-order valence-electron chi connectivity index (χ1n) is 7.07. The van der Waals surface area contributed by atoms with Crippen molar-refractivity contribution < 1.29 is 0 Å². The molecule has 0 aliphatic heterocycles. The van der Waals surface area contributed by atoms with Crippen LogP contribution in [0.25, 0.3) is 10.2 Å². The minimum atomic E-state index is 0.705. The third-order valence-electron chi connectivity index (χ3n) is 2.98. The molecule has 20 heavy (non-hydrogen) atoms. The van der Waals surface area contributed by atoms with Gasteiger partial charge in [0, 0.05) is 24.5 Å². The van der Waals surface area contributed by atoms with Crippen molar-refractivity contribution in [1.29, 1.82) is 0 Å². The van der Waals surface area contributed by atoms with Crippen molar-refractivity contribution in [1.82, 2.24) is 14.9 Å². The zero-order valence-corrected chi connectivity index (χ0v) is 13.5. The summed E-state index contributed by atoms with van der Waals surface area (Å²) in [5.74, 6) is 1.64.